The summed E-state index contributed by atoms with van der Waals surface area (Å²) in [5.41, 5.74) is 1.42. The molecule has 1 amide bonds. The van der Waals surface area contributed by atoms with Crippen molar-refractivity contribution in [3.05, 3.63) is 59.9 Å². The van der Waals surface area contributed by atoms with Crippen LogP contribution < -0.4 is 9.47 Å². The molecule has 4 rings (SSSR count). The van der Waals surface area contributed by atoms with Crippen molar-refractivity contribution in [2.45, 2.75) is 20.0 Å². The summed E-state index contributed by atoms with van der Waals surface area (Å²) in [6.45, 7) is 3.13. The molecule has 1 aliphatic heterocycles. The maximum Gasteiger partial charge on any atom is 0.341 e. The summed E-state index contributed by atoms with van der Waals surface area (Å²) in [7, 11) is 0. The Bertz CT molecular complexity index is 1100. The van der Waals surface area contributed by atoms with Crippen molar-refractivity contribution in [2.24, 2.45) is 0 Å². The summed E-state index contributed by atoms with van der Waals surface area (Å²) in [5, 5.41) is 17.4. The third-order valence-corrected chi connectivity index (χ3v) is 4.91. The molecule has 0 radical (unpaired) electrons. The third kappa shape index (κ3) is 4.35. The van der Waals surface area contributed by atoms with E-state index in [9.17, 15) is 9.59 Å². The van der Waals surface area contributed by atoms with E-state index in [2.05, 4.69) is 10.2 Å². The first-order valence-electron chi connectivity index (χ1n) is 9.95. The van der Waals surface area contributed by atoms with Gasteiger partial charge in [0.2, 0.25) is 0 Å². The van der Waals surface area contributed by atoms with Gasteiger partial charge in [0.1, 0.15) is 0 Å². The Balaban J connectivity index is 1.52. The number of fused-ring (bicyclic) bond motifs is 1. The molecule has 0 bridgehead atoms. The maximum atomic E-state index is 13.1. The second-order valence-electron chi connectivity index (χ2n) is 6.96. The minimum atomic E-state index is -1.09. The van der Waals surface area contributed by atoms with Gasteiger partial charge < -0.3 is 24.0 Å². The van der Waals surface area contributed by atoms with Crippen LogP contribution >= 0.6 is 0 Å². The standard InChI is InChI=1S/C22H22N4O5/c1-2-30-18-12-16(8-9-17(18)31-14-20(27)28)22(29)25-10-11-26-19(13-25)23-24-21(26)15-6-4-3-5-7-15/h3-9,12H,2,10-11,13-14H2,1H3,(H,27,28). The fraction of sp³-hybridized carbons (Fsp3) is 0.273. The summed E-state index contributed by atoms with van der Waals surface area (Å²) >= 11 is 0. The van der Waals surface area contributed by atoms with Crippen molar-refractivity contribution in [3.8, 4) is 22.9 Å². The van der Waals surface area contributed by atoms with Crippen LogP contribution in [-0.4, -0.2) is 56.4 Å². The molecule has 0 unspecified atom stereocenters. The van der Waals surface area contributed by atoms with Crippen LogP contribution in [0.1, 0.15) is 23.1 Å². The predicted molar refractivity (Wildman–Crippen MR) is 111 cm³/mol. The second-order valence-corrected chi connectivity index (χ2v) is 6.96. The number of rotatable bonds is 7. The molecule has 1 aliphatic rings. The Kier molecular flexibility index (Phi) is 5.83. The van der Waals surface area contributed by atoms with Gasteiger partial charge in [-0.1, -0.05) is 30.3 Å². The number of aliphatic carboxylic acids is 1. The SMILES string of the molecule is CCOc1cc(C(=O)N2CCn3c(nnc3-c3ccccc3)C2)ccc1OCC(=O)O. The third-order valence-electron chi connectivity index (χ3n) is 4.91. The van der Waals surface area contributed by atoms with Gasteiger partial charge in [0.15, 0.2) is 29.8 Å². The average molecular weight is 422 g/mol. The van der Waals surface area contributed by atoms with Crippen molar-refractivity contribution in [1.82, 2.24) is 19.7 Å². The van der Waals surface area contributed by atoms with E-state index in [0.29, 0.717) is 37.6 Å². The van der Waals surface area contributed by atoms with E-state index in [1.54, 1.807) is 30.0 Å². The van der Waals surface area contributed by atoms with E-state index in [0.717, 1.165) is 17.2 Å². The number of carboxylic acid groups (broad SMARTS) is 1. The van der Waals surface area contributed by atoms with Crippen molar-refractivity contribution >= 4 is 11.9 Å². The molecule has 0 atom stereocenters. The average Bonchev–Trinajstić information content (AvgIpc) is 3.21. The lowest BCUT2D eigenvalue weighted by atomic mass is 10.1. The van der Waals surface area contributed by atoms with Gasteiger partial charge in [-0.2, -0.15) is 0 Å². The van der Waals surface area contributed by atoms with Crippen molar-refractivity contribution in [3.63, 3.8) is 0 Å². The molecule has 0 fully saturated rings. The molecule has 0 spiro atoms. The van der Waals surface area contributed by atoms with Crippen LogP contribution in [0.5, 0.6) is 11.5 Å². The molecule has 1 aromatic heterocycles. The minimum absolute atomic E-state index is 0.166. The number of nitrogens with zero attached hydrogens (tertiary/aromatic N) is 4. The van der Waals surface area contributed by atoms with Gasteiger partial charge in [0.25, 0.3) is 5.91 Å². The first-order chi connectivity index (χ1) is 15.1. The van der Waals surface area contributed by atoms with Gasteiger partial charge >= 0.3 is 5.97 Å². The van der Waals surface area contributed by atoms with Crippen LogP contribution in [0.25, 0.3) is 11.4 Å². The Morgan fingerprint density at radius 3 is 2.58 bits per heavy atom. The molecular formula is C22H22N4O5. The molecule has 9 nitrogen and oxygen atoms in total. The predicted octanol–water partition coefficient (Wildman–Crippen LogP) is 2.46. The van der Waals surface area contributed by atoms with Gasteiger partial charge in [-0.15, -0.1) is 10.2 Å². The largest absolute Gasteiger partial charge is 0.490 e. The van der Waals surface area contributed by atoms with Crippen LogP contribution in [0.4, 0.5) is 0 Å². The maximum absolute atomic E-state index is 13.1. The molecular weight excluding hydrogens is 400 g/mol. The van der Waals surface area contributed by atoms with Crippen molar-refractivity contribution in [1.29, 1.82) is 0 Å². The molecule has 31 heavy (non-hydrogen) atoms. The topological polar surface area (TPSA) is 107 Å². The zero-order chi connectivity index (χ0) is 21.8. The van der Waals surface area contributed by atoms with E-state index < -0.39 is 12.6 Å². The van der Waals surface area contributed by atoms with Crippen molar-refractivity contribution < 1.29 is 24.2 Å². The van der Waals surface area contributed by atoms with Crippen LogP contribution in [0, 0.1) is 0 Å². The minimum Gasteiger partial charge on any atom is -0.490 e. The Morgan fingerprint density at radius 1 is 1.03 bits per heavy atom. The monoisotopic (exact) mass is 422 g/mol. The Morgan fingerprint density at radius 2 is 1.84 bits per heavy atom. The Labute approximate surface area is 178 Å². The second kappa shape index (κ2) is 8.86. The van der Waals surface area contributed by atoms with Crippen molar-refractivity contribution in [2.75, 3.05) is 19.8 Å². The zero-order valence-corrected chi connectivity index (χ0v) is 17.0. The lowest BCUT2D eigenvalue weighted by Crippen LogP contribution is -2.38. The highest BCUT2D eigenvalue weighted by molar-refractivity contribution is 5.95. The van der Waals surface area contributed by atoms with E-state index >= 15 is 0 Å². The van der Waals surface area contributed by atoms with E-state index in [-0.39, 0.29) is 11.7 Å². The molecule has 2 aromatic carbocycles. The number of hydrogen-bond donors (Lipinski definition) is 1. The van der Waals surface area contributed by atoms with E-state index in [1.165, 1.54) is 0 Å². The molecule has 160 valence electrons. The summed E-state index contributed by atoms with van der Waals surface area (Å²) in [6.07, 6.45) is 0. The number of amides is 1. The van der Waals surface area contributed by atoms with Gasteiger partial charge in [0.05, 0.1) is 13.2 Å². The quantitative estimate of drug-likeness (QED) is 0.623. The highest BCUT2D eigenvalue weighted by Crippen LogP contribution is 2.30. The molecule has 0 saturated carbocycles. The molecule has 2 heterocycles. The highest BCUT2D eigenvalue weighted by atomic mass is 16.5. The van der Waals surface area contributed by atoms with Gasteiger partial charge in [0, 0.05) is 24.2 Å². The first kappa shape index (κ1) is 20.4. The lowest BCUT2D eigenvalue weighted by molar-refractivity contribution is -0.139. The summed E-state index contributed by atoms with van der Waals surface area (Å²) in [6, 6.07) is 14.6. The van der Waals surface area contributed by atoms with Gasteiger partial charge in [-0.05, 0) is 25.1 Å². The Hall–Kier alpha value is -3.88. The molecule has 0 aliphatic carbocycles. The number of hydrogen-bond acceptors (Lipinski definition) is 6. The molecule has 9 heteroatoms. The summed E-state index contributed by atoms with van der Waals surface area (Å²) < 4.78 is 12.8. The number of aromatic nitrogens is 3. The smallest absolute Gasteiger partial charge is 0.341 e. The highest BCUT2D eigenvalue weighted by Gasteiger charge is 2.26. The summed E-state index contributed by atoms with van der Waals surface area (Å²) in [5.74, 6) is 0.884. The van der Waals surface area contributed by atoms with Crippen LogP contribution in [0.15, 0.2) is 48.5 Å². The normalized spacial score (nSPS) is 12.9. The van der Waals surface area contributed by atoms with Gasteiger partial charge in [-0.3, -0.25) is 4.79 Å². The fourth-order valence-electron chi connectivity index (χ4n) is 3.48. The summed E-state index contributed by atoms with van der Waals surface area (Å²) in [4.78, 5) is 25.6. The number of carboxylic acids is 1. The first-order valence-corrected chi connectivity index (χ1v) is 9.95. The van der Waals surface area contributed by atoms with Crippen LogP contribution in [0.3, 0.4) is 0 Å². The lowest BCUT2D eigenvalue weighted by Gasteiger charge is -2.28. The number of benzene rings is 2. The number of ether oxygens (including phenoxy) is 2. The van der Waals surface area contributed by atoms with Crippen LogP contribution in [0.2, 0.25) is 0 Å². The van der Waals surface area contributed by atoms with E-state index in [1.807, 2.05) is 34.9 Å². The van der Waals surface area contributed by atoms with Crippen LogP contribution in [-0.2, 0) is 17.9 Å². The zero-order valence-electron chi connectivity index (χ0n) is 17.0. The van der Waals surface area contributed by atoms with E-state index in [4.69, 9.17) is 14.6 Å². The van der Waals surface area contributed by atoms with Gasteiger partial charge in [-0.25, -0.2) is 4.79 Å². The fourth-order valence-corrected chi connectivity index (χ4v) is 3.48. The molecule has 1 N–H and O–H groups in total. The molecule has 3 aromatic rings. The number of carbonyl (C=O) groups excluding carboxylic acids is 1. The number of carbonyl (C=O) groups is 2. The molecule has 0 saturated heterocycles.